The topological polar surface area (TPSA) is 17.1 Å². The number of hydrogen-bond donors (Lipinski definition) is 0. The standard InChI is InChI=1S/C8H7AsCl2O/c1-6(12)7-2-4-8(5-3-7)9(10)11/h2-5H,1H3. The number of hydrogen-bond acceptors (Lipinski definition) is 1. The van der Waals surface area contributed by atoms with Crippen LogP contribution in [0.3, 0.4) is 0 Å². The summed E-state index contributed by atoms with van der Waals surface area (Å²) in [6.07, 6.45) is 0. The van der Waals surface area contributed by atoms with Crippen LogP contribution in [0.4, 0.5) is 0 Å². The van der Waals surface area contributed by atoms with Gasteiger partial charge in [0.1, 0.15) is 0 Å². The third-order valence-electron chi connectivity index (χ3n) is 1.47. The van der Waals surface area contributed by atoms with Crippen molar-refractivity contribution in [2.45, 2.75) is 6.92 Å². The summed E-state index contributed by atoms with van der Waals surface area (Å²) in [6, 6.07) is 7.14. The molecule has 0 saturated heterocycles. The fourth-order valence-corrected chi connectivity index (χ4v) is 2.77. The molecule has 0 aliphatic rings. The van der Waals surface area contributed by atoms with Crippen LogP contribution in [0.5, 0.6) is 0 Å². The van der Waals surface area contributed by atoms with E-state index < -0.39 is 12.8 Å². The van der Waals surface area contributed by atoms with Gasteiger partial charge in [-0.05, 0) is 0 Å². The molecule has 0 bridgehead atoms. The maximum absolute atomic E-state index is 10.9. The molecule has 0 heterocycles. The first kappa shape index (κ1) is 10.1. The van der Waals surface area contributed by atoms with Crippen molar-refractivity contribution in [3.63, 3.8) is 0 Å². The number of carbonyl (C=O) groups excluding carboxylic acids is 1. The van der Waals surface area contributed by atoms with Crippen molar-refractivity contribution < 1.29 is 4.79 Å². The summed E-state index contributed by atoms with van der Waals surface area (Å²) in [5.41, 5.74) is 0.697. The van der Waals surface area contributed by atoms with Gasteiger partial charge < -0.3 is 0 Å². The van der Waals surface area contributed by atoms with E-state index >= 15 is 0 Å². The molecule has 0 unspecified atom stereocenters. The molecule has 1 aromatic carbocycles. The molecule has 0 aliphatic heterocycles. The van der Waals surface area contributed by atoms with Crippen molar-refractivity contribution in [3.05, 3.63) is 29.8 Å². The van der Waals surface area contributed by atoms with E-state index in [2.05, 4.69) is 0 Å². The Morgan fingerprint density at radius 1 is 1.25 bits per heavy atom. The summed E-state index contributed by atoms with van der Waals surface area (Å²) in [5, 5.41) is 0. The zero-order chi connectivity index (χ0) is 9.14. The molecule has 0 fully saturated rings. The van der Waals surface area contributed by atoms with E-state index in [1.807, 2.05) is 12.1 Å². The molecule has 0 atom stereocenters. The van der Waals surface area contributed by atoms with Crippen LogP contribution in [-0.2, 0) is 0 Å². The van der Waals surface area contributed by atoms with Crippen molar-refractivity contribution in [3.8, 4) is 0 Å². The summed E-state index contributed by atoms with van der Waals surface area (Å²) < 4.78 is 0.954. The molecule has 0 saturated carbocycles. The molecule has 1 nitrogen and oxygen atoms in total. The van der Waals surface area contributed by atoms with Gasteiger partial charge in [-0.15, -0.1) is 0 Å². The zero-order valence-electron chi connectivity index (χ0n) is 6.42. The van der Waals surface area contributed by atoms with E-state index in [-0.39, 0.29) is 5.78 Å². The minimum absolute atomic E-state index is 0.0599. The van der Waals surface area contributed by atoms with Gasteiger partial charge in [-0.3, -0.25) is 0 Å². The monoisotopic (exact) mass is 264 g/mol. The van der Waals surface area contributed by atoms with Gasteiger partial charge in [-0.1, -0.05) is 0 Å². The number of rotatable bonds is 2. The number of halogens is 2. The van der Waals surface area contributed by atoms with Gasteiger partial charge in [0, 0.05) is 0 Å². The second-order valence-corrected chi connectivity index (χ2v) is 8.81. The normalized spacial score (nSPS) is 10.3. The molecule has 0 radical (unpaired) electrons. The predicted molar refractivity (Wildman–Crippen MR) is 53.5 cm³/mol. The van der Waals surface area contributed by atoms with Gasteiger partial charge in [0.05, 0.1) is 0 Å². The van der Waals surface area contributed by atoms with E-state index in [0.29, 0.717) is 5.56 Å². The van der Waals surface area contributed by atoms with E-state index in [1.165, 1.54) is 6.92 Å². The zero-order valence-corrected chi connectivity index (χ0v) is 9.81. The average molecular weight is 265 g/mol. The molecule has 12 heavy (non-hydrogen) atoms. The van der Waals surface area contributed by atoms with Crippen LogP contribution in [0, 0.1) is 0 Å². The van der Waals surface area contributed by atoms with Crippen LogP contribution >= 0.6 is 19.9 Å². The minimum atomic E-state index is -1.81. The first-order valence-electron chi connectivity index (χ1n) is 3.34. The van der Waals surface area contributed by atoms with E-state index in [0.717, 1.165) is 4.35 Å². The van der Waals surface area contributed by atoms with Gasteiger partial charge in [0.25, 0.3) is 0 Å². The second kappa shape index (κ2) is 4.32. The molecular weight excluding hydrogens is 258 g/mol. The fraction of sp³-hybridized carbons (Fsp3) is 0.125. The Kier molecular flexibility index (Phi) is 3.64. The van der Waals surface area contributed by atoms with Gasteiger partial charge in [-0.2, -0.15) is 0 Å². The summed E-state index contributed by atoms with van der Waals surface area (Å²) in [7, 11) is 11.5. The first-order valence-corrected chi connectivity index (χ1v) is 9.21. The Labute approximate surface area is 84.3 Å². The number of benzene rings is 1. The van der Waals surface area contributed by atoms with Crippen LogP contribution in [-0.4, -0.2) is 18.6 Å². The molecule has 1 aromatic rings. The third kappa shape index (κ3) is 2.52. The molecule has 1 rings (SSSR count). The molecule has 0 aliphatic carbocycles. The van der Waals surface area contributed by atoms with Gasteiger partial charge in [0.15, 0.2) is 0 Å². The molecule has 0 aromatic heterocycles. The van der Waals surface area contributed by atoms with Crippen molar-refractivity contribution in [2.24, 2.45) is 0 Å². The number of ketones is 1. The predicted octanol–water partition coefficient (Wildman–Crippen LogP) is 2.06. The maximum atomic E-state index is 10.9. The van der Waals surface area contributed by atoms with Crippen LogP contribution < -0.4 is 4.35 Å². The Hall–Kier alpha value is 0.0284. The molecule has 0 amide bonds. The van der Waals surface area contributed by atoms with E-state index in [9.17, 15) is 4.79 Å². The van der Waals surface area contributed by atoms with Gasteiger partial charge in [0.2, 0.25) is 0 Å². The summed E-state index contributed by atoms with van der Waals surface area (Å²) in [4.78, 5) is 10.9. The van der Waals surface area contributed by atoms with E-state index in [1.54, 1.807) is 12.1 Å². The van der Waals surface area contributed by atoms with E-state index in [4.69, 9.17) is 19.9 Å². The van der Waals surface area contributed by atoms with Crippen molar-refractivity contribution in [1.82, 2.24) is 0 Å². The average Bonchev–Trinajstić information content (AvgIpc) is 2.04. The van der Waals surface area contributed by atoms with Gasteiger partial charge >= 0.3 is 84.4 Å². The molecular formula is C8H7AsCl2O. The number of Topliss-reactive ketones (excluding diaryl/α,β-unsaturated/α-hetero) is 1. The van der Waals surface area contributed by atoms with Gasteiger partial charge in [-0.25, -0.2) is 0 Å². The molecule has 4 heteroatoms. The Bertz CT molecular complexity index is 282. The van der Waals surface area contributed by atoms with Crippen molar-refractivity contribution in [1.29, 1.82) is 0 Å². The van der Waals surface area contributed by atoms with Crippen LogP contribution in [0.15, 0.2) is 24.3 Å². The van der Waals surface area contributed by atoms with Crippen LogP contribution in [0.2, 0.25) is 0 Å². The molecule has 0 spiro atoms. The van der Waals surface area contributed by atoms with Crippen LogP contribution in [0.25, 0.3) is 0 Å². The Morgan fingerprint density at radius 2 is 1.75 bits per heavy atom. The summed E-state index contributed by atoms with van der Waals surface area (Å²) in [6.45, 7) is 1.53. The summed E-state index contributed by atoms with van der Waals surface area (Å²) >= 11 is -1.81. The Balaban J connectivity index is 2.93. The molecule has 64 valence electrons. The fourth-order valence-electron chi connectivity index (χ4n) is 0.809. The molecule has 0 N–H and O–H groups in total. The summed E-state index contributed by atoms with van der Waals surface area (Å²) in [5.74, 6) is 0.0599. The van der Waals surface area contributed by atoms with Crippen LogP contribution in [0.1, 0.15) is 17.3 Å². The number of carbonyl (C=O) groups is 1. The van der Waals surface area contributed by atoms with Crippen molar-refractivity contribution >= 4 is 42.8 Å². The second-order valence-electron chi connectivity index (χ2n) is 2.34. The van der Waals surface area contributed by atoms with Crippen molar-refractivity contribution in [2.75, 3.05) is 0 Å². The quantitative estimate of drug-likeness (QED) is 0.591. The Morgan fingerprint density at radius 3 is 2.08 bits per heavy atom. The first-order chi connectivity index (χ1) is 5.61. The SMILES string of the molecule is CC(=O)c1ccc([As](Cl)Cl)cc1. The third-order valence-corrected chi connectivity index (χ3v) is 4.94.